The fourth-order valence-corrected chi connectivity index (χ4v) is 2.74. The summed E-state index contributed by atoms with van der Waals surface area (Å²) < 4.78 is 0. The molecule has 2 rings (SSSR count). The molecule has 1 aliphatic carbocycles. The zero-order valence-corrected chi connectivity index (χ0v) is 12.3. The van der Waals surface area contributed by atoms with E-state index in [9.17, 15) is 5.26 Å². The number of aryl methyl sites for hydroxylation is 1. The SMILES string of the molecule is Cc1ccnc(SCCCC(C)(C#N)NC2CC2)n1. The lowest BCUT2D eigenvalue weighted by Crippen LogP contribution is -2.42. The highest BCUT2D eigenvalue weighted by Gasteiger charge is 2.31. The van der Waals surface area contributed by atoms with Crippen molar-refractivity contribution in [2.75, 3.05) is 5.75 Å². The molecule has 0 radical (unpaired) electrons. The lowest BCUT2D eigenvalue weighted by molar-refractivity contribution is 0.411. The van der Waals surface area contributed by atoms with Crippen molar-refractivity contribution < 1.29 is 0 Å². The average molecular weight is 276 g/mol. The van der Waals surface area contributed by atoms with Gasteiger partial charge in [-0.25, -0.2) is 9.97 Å². The van der Waals surface area contributed by atoms with E-state index >= 15 is 0 Å². The van der Waals surface area contributed by atoms with E-state index in [-0.39, 0.29) is 5.54 Å². The van der Waals surface area contributed by atoms with E-state index in [4.69, 9.17) is 0 Å². The van der Waals surface area contributed by atoms with Crippen LogP contribution in [-0.4, -0.2) is 27.3 Å². The van der Waals surface area contributed by atoms with Gasteiger partial charge in [0.2, 0.25) is 0 Å². The topological polar surface area (TPSA) is 61.6 Å². The van der Waals surface area contributed by atoms with Crippen molar-refractivity contribution in [3.63, 3.8) is 0 Å². The quantitative estimate of drug-likeness (QED) is 0.471. The van der Waals surface area contributed by atoms with Crippen molar-refractivity contribution in [3.05, 3.63) is 18.0 Å². The van der Waals surface area contributed by atoms with Gasteiger partial charge in [0.25, 0.3) is 0 Å². The maximum Gasteiger partial charge on any atom is 0.187 e. The predicted molar refractivity (Wildman–Crippen MR) is 76.9 cm³/mol. The van der Waals surface area contributed by atoms with Gasteiger partial charge in [0.1, 0.15) is 5.54 Å². The number of rotatable bonds is 7. The summed E-state index contributed by atoms with van der Waals surface area (Å²) in [6.07, 6.45) is 6.08. The van der Waals surface area contributed by atoms with Crippen LogP contribution in [0.1, 0.15) is 38.3 Å². The number of nitrogens with zero attached hydrogens (tertiary/aromatic N) is 3. The van der Waals surface area contributed by atoms with Gasteiger partial charge in [0.15, 0.2) is 5.16 Å². The van der Waals surface area contributed by atoms with Crippen molar-refractivity contribution in [2.24, 2.45) is 0 Å². The number of nitriles is 1. The zero-order valence-electron chi connectivity index (χ0n) is 11.5. The molecule has 5 heteroatoms. The van der Waals surface area contributed by atoms with E-state index in [0.29, 0.717) is 6.04 Å². The normalized spacial score (nSPS) is 17.7. The van der Waals surface area contributed by atoms with Gasteiger partial charge in [-0.05, 0) is 45.6 Å². The third-order valence-corrected chi connectivity index (χ3v) is 4.12. The molecule has 1 aliphatic rings. The summed E-state index contributed by atoms with van der Waals surface area (Å²) in [4.78, 5) is 8.58. The van der Waals surface area contributed by atoms with E-state index < -0.39 is 0 Å². The van der Waals surface area contributed by atoms with Crippen molar-refractivity contribution in [1.29, 1.82) is 5.26 Å². The maximum absolute atomic E-state index is 9.27. The number of aromatic nitrogens is 2. The molecular formula is C14H20N4S. The minimum Gasteiger partial charge on any atom is -0.297 e. The van der Waals surface area contributed by atoms with Gasteiger partial charge in [-0.1, -0.05) is 11.8 Å². The first kappa shape index (κ1) is 14.3. The minimum atomic E-state index is -0.380. The van der Waals surface area contributed by atoms with Gasteiger partial charge >= 0.3 is 0 Å². The molecule has 0 aromatic carbocycles. The van der Waals surface area contributed by atoms with Crippen LogP contribution < -0.4 is 5.32 Å². The van der Waals surface area contributed by atoms with Crippen LogP contribution in [0, 0.1) is 18.3 Å². The van der Waals surface area contributed by atoms with Gasteiger partial charge in [0.05, 0.1) is 6.07 Å². The molecule has 4 nitrogen and oxygen atoms in total. The molecule has 1 N–H and O–H groups in total. The van der Waals surface area contributed by atoms with E-state index in [2.05, 4.69) is 21.4 Å². The third kappa shape index (κ3) is 4.81. The standard InChI is InChI=1S/C14H20N4S/c1-11-6-8-16-13(17-11)19-9-3-7-14(2,10-15)18-12-4-5-12/h6,8,12,18H,3-5,7,9H2,1-2H3. The first-order valence-corrected chi connectivity index (χ1v) is 7.71. The lowest BCUT2D eigenvalue weighted by atomic mass is 9.98. The Hall–Kier alpha value is -1.12. The smallest absolute Gasteiger partial charge is 0.187 e. The Balaban J connectivity index is 1.72. The number of hydrogen-bond donors (Lipinski definition) is 1. The molecule has 0 spiro atoms. The molecule has 0 saturated heterocycles. The van der Waals surface area contributed by atoms with Crippen LogP contribution in [0.4, 0.5) is 0 Å². The minimum absolute atomic E-state index is 0.380. The Labute approximate surface area is 119 Å². The molecule has 19 heavy (non-hydrogen) atoms. The second-order valence-corrected chi connectivity index (χ2v) is 6.36. The molecule has 1 aromatic rings. The first-order valence-electron chi connectivity index (χ1n) is 6.73. The second kappa shape index (κ2) is 6.36. The summed E-state index contributed by atoms with van der Waals surface area (Å²) in [5, 5.41) is 13.5. The van der Waals surface area contributed by atoms with Crippen LogP contribution in [0.15, 0.2) is 17.4 Å². The van der Waals surface area contributed by atoms with E-state index in [1.165, 1.54) is 12.8 Å². The Morgan fingerprint density at radius 1 is 1.58 bits per heavy atom. The molecule has 0 bridgehead atoms. The summed E-state index contributed by atoms with van der Waals surface area (Å²) in [5.41, 5.74) is 0.615. The monoisotopic (exact) mass is 276 g/mol. The molecule has 1 unspecified atom stereocenters. The molecule has 1 fully saturated rings. The molecule has 1 aromatic heterocycles. The number of thioether (sulfide) groups is 1. The van der Waals surface area contributed by atoms with E-state index in [1.807, 2.05) is 19.9 Å². The number of nitrogens with one attached hydrogen (secondary N) is 1. The largest absolute Gasteiger partial charge is 0.297 e. The molecule has 0 amide bonds. The average Bonchev–Trinajstić information content (AvgIpc) is 3.19. The fourth-order valence-electron chi connectivity index (χ4n) is 1.92. The second-order valence-electron chi connectivity index (χ2n) is 5.30. The van der Waals surface area contributed by atoms with Gasteiger partial charge < -0.3 is 0 Å². The number of hydrogen-bond acceptors (Lipinski definition) is 5. The van der Waals surface area contributed by atoms with Crippen molar-refractivity contribution in [1.82, 2.24) is 15.3 Å². The van der Waals surface area contributed by atoms with Gasteiger partial charge in [-0.3, -0.25) is 5.32 Å². The highest BCUT2D eigenvalue weighted by molar-refractivity contribution is 7.99. The summed E-state index contributed by atoms with van der Waals surface area (Å²) in [6, 6.07) is 4.87. The van der Waals surface area contributed by atoms with Crippen LogP contribution in [0.2, 0.25) is 0 Å². The Kier molecular flexibility index (Phi) is 4.78. The molecule has 0 aliphatic heterocycles. The highest BCUT2D eigenvalue weighted by atomic mass is 32.2. The van der Waals surface area contributed by atoms with E-state index in [0.717, 1.165) is 29.4 Å². The molecule has 1 heterocycles. The third-order valence-electron chi connectivity index (χ3n) is 3.17. The van der Waals surface area contributed by atoms with Crippen molar-refractivity contribution in [2.45, 2.75) is 56.3 Å². The summed E-state index contributed by atoms with van der Waals surface area (Å²) in [5.74, 6) is 0.951. The zero-order chi connectivity index (χ0) is 13.7. The van der Waals surface area contributed by atoms with Gasteiger partial charge in [0, 0.05) is 23.7 Å². The van der Waals surface area contributed by atoms with Crippen LogP contribution in [-0.2, 0) is 0 Å². The Bertz CT molecular complexity index is 467. The van der Waals surface area contributed by atoms with Gasteiger partial charge in [-0.15, -0.1) is 0 Å². The molecular weight excluding hydrogens is 256 g/mol. The molecule has 102 valence electrons. The van der Waals surface area contributed by atoms with Crippen molar-refractivity contribution in [3.8, 4) is 6.07 Å². The Morgan fingerprint density at radius 3 is 3.00 bits per heavy atom. The van der Waals surface area contributed by atoms with Crippen LogP contribution in [0.25, 0.3) is 0 Å². The van der Waals surface area contributed by atoms with Gasteiger partial charge in [-0.2, -0.15) is 5.26 Å². The maximum atomic E-state index is 9.27. The van der Waals surface area contributed by atoms with Crippen LogP contribution in [0.3, 0.4) is 0 Å². The Morgan fingerprint density at radius 2 is 2.37 bits per heavy atom. The van der Waals surface area contributed by atoms with Crippen LogP contribution in [0.5, 0.6) is 0 Å². The summed E-state index contributed by atoms with van der Waals surface area (Å²) in [7, 11) is 0. The van der Waals surface area contributed by atoms with E-state index in [1.54, 1.807) is 18.0 Å². The highest BCUT2D eigenvalue weighted by Crippen LogP contribution is 2.25. The molecule has 1 saturated carbocycles. The first-order chi connectivity index (χ1) is 9.11. The fraction of sp³-hybridized carbons (Fsp3) is 0.643. The predicted octanol–water partition coefficient (Wildman–Crippen LogP) is 2.69. The lowest BCUT2D eigenvalue weighted by Gasteiger charge is -2.22. The van der Waals surface area contributed by atoms with Crippen molar-refractivity contribution >= 4 is 11.8 Å². The van der Waals surface area contributed by atoms with Crippen LogP contribution >= 0.6 is 11.8 Å². The summed E-state index contributed by atoms with van der Waals surface area (Å²) in [6.45, 7) is 3.97. The molecule has 1 atom stereocenters. The summed E-state index contributed by atoms with van der Waals surface area (Å²) >= 11 is 1.66.